The molecule has 1 heteroatoms. The fourth-order valence-corrected chi connectivity index (χ4v) is 5.26. The molecule has 0 unspecified atom stereocenters. The van der Waals surface area contributed by atoms with Crippen LogP contribution >= 0.6 is 0 Å². The van der Waals surface area contributed by atoms with Crippen LogP contribution in [0.15, 0.2) is 12.1 Å². The molecule has 1 N–H and O–H groups in total. The summed E-state index contributed by atoms with van der Waals surface area (Å²) in [5.74, 6) is 0.520. The van der Waals surface area contributed by atoms with Crippen molar-refractivity contribution in [2.24, 2.45) is 0 Å². The zero-order valence-electron chi connectivity index (χ0n) is 22.9. The summed E-state index contributed by atoms with van der Waals surface area (Å²) in [5, 5.41) is 10.4. The van der Waals surface area contributed by atoms with Crippen LogP contribution in [0.3, 0.4) is 0 Å². The van der Waals surface area contributed by atoms with Gasteiger partial charge in [-0.1, -0.05) is 142 Å². The lowest BCUT2D eigenvalue weighted by Crippen LogP contribution is -2.01. The minimum absolute atomic E-state index is 0.520. The second kappa shape index (κ2) is 21.5. The number of hydrogen-bond acceptors (Lipinski definition) is 1. The van der Waals surface area contributed by atoms with Gasteiger partial charge in [0, 0.05) is 0 Å². The summed E-state index contributed by atoms with van der Waals surface area (Å²) in [6, 6.07) is 4.17. The quantitative estimate of drug-likeness (QED) is 0.162. The van der Waals surface area contributed by atoms with Crippen LogP contribution in [-0.2, 0) is 19.3 Å². The average molecular weight is 459 g/mol. The molecule has 1 nitrogen and oxygen atoms in total. The third-order valence-corrected chi connectivity index (χ3v) is 7.44. The Morgan fingerprint density at radius 2 is 0.848 bits per heavy atom. The zero-order valence-corrected chi connectivity index (χ0v) is 22.9. The fourth-order valence-electron chi connectivity index (χ4n) is 5.26. The number of aromatic hydroxyl groups is 1. The number of benzene rings is 1. The topological polar surface area (TPSA) is 20.2 Å². The van der Waals surface area contributed by atoms with Crippen LogP contribution in [0, 0.1) is 0 Å². The standard InChI is InChI=1S/C32H58O/c1-4-7-9-11-13-15-17-19-21-23-25-29-27-28-32(33)30(6-3)31(29)26-24-22-20-18-16-14-12-10-8-5-2/h27-28,33H,4-26H2,1-3H3. The molecule has 1 rings (SSSR count). The number of phenols is 1. The molecule has 0 aliphatic heterocycles. The van der Waals surface area contributed by atoms with Crippen molar-refractivity contribution < 1.29 is 5.11 Å². The molecule has 1 aromatic rings. The van der Waals surface area contributed by atoms with Crippen LogP contribution in [0.1, 0.15) is 166 Å². The number of phenolic OH excluding ortho intramolecular Hbond substituents is 1. The van der Waals surface area contributed by atoms with E-state index in [1.54, 1.807) is 0 Å². The summed E-state index contributed by atoms with van der Waals surface area (Å²) in [6.45, 7) is 6.78. The van der Waals surface area contributed by atoms with E-state index >= 15 is 0 Å². The molecule has 0 saturated heterocycles. The van der Waals surface area contributed by atoms with Crippen LogP contribution in [0.2, 0.25) is 0 Å². The van der Waals surface area contributed by atoms with Crippen LogP contribution in [0.4, 0.5) is 0 Å². The molecule has 0 aliphatic carbocycles. The van der Waals surface area contributed by atoms with Crippen LogP contribution in [0.5, 0.6) is 5.75 Å². The lowest BCUT2D eigenvalue weighted by atomic mass is 9.90. The number of hydrogen-bond donors (Lipinski definition) is 1. The maximum Gasteiger partial charge on any atom is 0.119 e. The second-order valence-corrected chi connectivity index (χ2v) is 10.4. The van der Waals surface area contributed by atoms with E-state index in [-0.39, 0.29) is 0 Å². The molecule has 0 aliphatic rings. The summed E-state index contributed by atoms with van der Waals surface area (Å²) >= 11 is 0. The van der Waals surface area contributed by atoms with Crippen molar-refractivity contribution in [1.29, 1.82) is 0 Å². The first-order valence-corrected chi connectivity index (χ1v) is 15.1. The van der Waals surface area contributed by atoms with Gasteiger partial charge in [0.25, 0.3) is 0 Å². The van der Waals surface area contributed by atoms with E-state index in [9.17, 15) is 5.11 Å². The molecular weight excluding hydrogens is 400 g/mol. The minimum atomic E-state index is 0.520. The molecule has 0 heterocycles. The summed E-state index contributed by atoms with van der Waals surface area (Å²) in [5.41, 5.74) is 4.21. The largest absolute Gasteiger partial charge is 0.508 e. The molecule has 0 aromatic heterocycles. The molecular formula is C32H58O. The maximum absolute atomic E-state index is 10.4. The van der Waals surface area contributed by atoms with Gasteiger partial charge in [0.15, 0.2) is 0 Å². The summed E-state index contributed by atoms with van der Waals surface area (Å²) in [7, 11) is 0. The van der Waals surface area contributed by atoms with Gasteiger partial charge in [-0.2, -0.15) is 0 Å². The molecule has 0 radical (unpaired) electrons. The van der Waals surface area contributed by atoms with Gasteiger partial charge < -0.3 is 5.11 Å². The van der Waals surface area contributed by atoms with Crippen molar-refractivity contribution in [1.82, 2.24) is 0 Å². The molecule has 192 valence electrons. The Labute approximate surface area is 208 Å². The van der Waals surface area contributed by atoms with Gasteiger partial charge in [-0.3, -0.25) is 0 Å². The fraction of sp³-hybridized carbons (Fsp3) is 0.812. The highest BCUT2D eigenvalue weighted by molar-refractivity contribution is 5.44. The third-order valence-electron chi connectivity index (χ3n) is 7.44. The first-order valence-electron chi connectivity index (χ1n) is 15.1. The van der Waals surface area contributed by atoms with E-state index in [1.807, 2.05) is 6.07 Å². The van der Waals surface area contributed by atoms with Gasteiger partial charge in [0.05, 0.1) is 0 Å². The Balaban J connectivity index is 2.28. The molecule has 33 heavy (non-hydrogen) atoms. The Morgan fingerprint density at radius 1 is 0.455 bits per heavy atom. The normalized spacial score (nSPS) is 11.4. The van der Waals surface area contributed by atoms with E-state index in [4.69, 9.17) is 0 Å². The Bertz CT molecular complexity index is 562. The van der Waals surface area contributed by atoms with E-state index in [0.717, 1.165) is 12.8 Å². The van der Waals surface area contributed by atoms with Gasteiger partial charge >= 0.3 is 0 Å². The average Bonchev–Trinajstić information content (AvgIpc) is 2.82. The molecule has 0 bridgehead atoms. The molecule has 0 amide bonds. The van der Waals surface area contributed by atoms with E-state index < -0.39 is 0 Å². The highest BCUT2D eigenvalue weighted by Gasteiger charge is 2.11. The summed E-state index contributed by atoms with van der Waals surface area (Å²) in [4.78, 5) is 0. The Hall–Kier alpha value is -0.980. The van der Waals surface area contributed by atoms with Gasteiger partial charge in [-0.15, -0.1) is 0 Å². The van der Waals surface area contributed by atoms with E-state index in [0.29, 0.717) is 5.75 Å². The first kappa shape index (κ1) is 30.1. The number of aryl methyl sites for hydroxylation is 1. The SMILES string of the molecule is CCCCCCCCCCCCc1ccc(O)c(CC)c1CCCCCCCCCCCC. The second-order valence-electron chi connectivity index (χ2n) is 10.4. The zero-order chi connectivity index (χ0) is 24.0. The molecule has 0 spiro atoms. The molecule has 0 fully saturated rings. The first-order chi connectivity index (χ1) is 16.2. The Morgan fingerprint density at radius 3 is 1.27 bits per heavy atom. The van der Waals surface area contributed by atoms with Crippen molar-refractivity contribution in [2.75, 3.05) is 0 Å². The van der Waals surface area contributed by atoms with Crippen LogP contribution in [0.25, 0.3) is 0 Å². The minimum Gasteiger partial charge on any atom is -0.508 e. The highest BCUT2D eigenvalue weighted by Crippen LogP contribution is 2.28. The predicted molar refractivity (Wildman–Crippen MR) is 149 cm³/mol. The van der Waals surface area contributed by atoms with Gasteiger partial charge in [0.1, 0.15) is 5.75 Å². The van der Waals surface area contributed by atoms with Crippen molar-refractivity contribution in [2.45, 2.75) is 168 Å². The van der Waals surface area contributed by atoms with Crippen LogP contribution in [-0.4, -0.2) is 5.11 Å². The van der Waals surface area contributed by atoms with Crippen LogP contribution < -0.4 is 0 Å². The lowest BCUT2D eigenvalue weighted by Gasteiger charge is -2.16. The number of unbranched alkanes of at least 4 members (excludes halogenated alkanes) is 18. The smallest absolute Gasteiger partial charge is 0.119 e. The predicted octanol–water partition coefficient (Wildman–Crippen LogP) is 10.9. The summed E-state index contributed by atoms with van der Waals surface area (Å²) in [6.07, 6.45) is 31.1. The Kier molecular flexibility index (Phi) is 19.6. The number of rotatable bonds is 23. The van der Waals surface area contributed by atoms with Crippen molar-refractivity contribution >= 4 is 0 Å². The van der Waals surface area contributed by atoms with E-state index in [2.05, 4.69) is 26.8 Å². The third kappa shape index (κ3) is 14.8. The molecule has 0 saturated carbocycles. The van der Waals surface area contributed by atoms with Gasteiger partial charge in [0.2, 0.25) is 0 Å². The van der Waals surface area contributed by atoms with Gasteiger partial charge in [-0.25, -0.2) is 0 Å². The molecule has 1 aromatic carbocycles. The van der Waals surface area contributed by atoms with E-state index in [1.165, 1.54) is 152 Å². The van der Waals surface area contributed by atoms with Crippen molar-refractivity contribution in [3.63, 3.8) is 0 Å². The van der Waals surface area contributed by atoms with Crippen molar-refractivity contribution in [3.05, 3.63) is 28.8 Å². The maximum atomic E-state index is 10.4. The lowest BCUT2D eigenvalue weighted by molar-refractivity contribution is 0.466. The highest BCUT2D eigenvalue weighted by atomic mass is 16.3. The molecule has 0 atom stereocenters. The van der Waals surface area contributed by atoms with Crippen molar-refractivity contribution in [3.8, 4) is 5.75 Å². The monoisotopic (exact) mass is 458 g/mol. The summed E-state index contributed by atoms with van der Waals surface area (Å²) < 4.78 is 0. The van der Waals surface area contributed by atoms with Gasteiger partial charge in [-0.05, 0) is 54.9 Å².